The van der Waals surface area contributed by atoms with Crippen LogP contribution in [0.25, 0.3) is 10.9 Å². The van der Waals surface area contributed by atoms with Crippen LogP contribution in [0.1, 0.15) is 21.5 Å². The molecule has 0 amide bonds. The molecule has 0 radical (unpaired) electrons. The molecule has 0 unspecified atom stereocenters. The quantitative estimate of drug-likeness (QED) is 0.213. The molecule has 0 atom stereocenters. The average Bonchev–Trinajstić information content (AvgIpc) is 3.23. The van der Waals surface area contributed by atoms with Crippen LogP contribution in [0.3, 0.4) is 0 Å². The summed E-state index contributed by atoms with van der Waals surface area (Å²) in [4.78, 5) is 18.9. The molecule has 0 bridgehead atoms. The van der Waals surface area contributed by atoms with Gasteiger partial charge in [0.1, 0.15) is 0 Å². The van der Waals surface area contributed by atoms with Crippen LogP contribution < -0.4 is 4.72 Å². The van der Waals surface area contributed by atoms with Gasteiger partial charge in [-0.15, -0.1) is 0 Å². The minimum Gasteiger partial charge on any atom is -0.494 e. The highest BCUT2D eigenvalue weighted by atomic mass is 32.2. The second kappa shape index (κ2) is 9.63. The predicted octanol–water partition coefficient (Wildman–Crippen LogP) is 5.54. The lowest BCUT2D eigenvalue weighted by Crippen LogP contribution is -2.12. The molecule has 9 heteroatoms. The number of hydrogen-bond donors (Lipinski definition) is 4. The number of aromatic nitrogens is 1. The van der Waals surface area contributed by atoms with Crippen LogP contribution >= 0.6 is 0 Å². The van der Waals surface area contributed by atoms with E-state index in [4.69, 9.17) is 4.99 Å². The molecule has 0 aliphatic carbocycles. The summed E-state index contributed by atoms with van der Waals surface area (Å²) < 4.78 is 28.8. The Kier molecular flexibility index (Phi) is 6.21. The monoisotopic (exact) mass is 511 g/mol. The average molecular weight is 512 g/mol. The Morgan fingerprint density at radius 3 is 2.11 bits per heavy atom. The Morgan fingerprint density at radius 2 is 1.46 bits per heavy atom. The number of rotatable bonds is 7. The Bertz CT molecular complexity index is 1730. The fraction of sp³-hybridized carbons (Fsp3) is 0. The van der Waals surface area contributed by atoms with Crippen molar-refractivity contribution in [3.05, 3.63) is 120 Å². The summed E-state index contributed by atoms with van der Waals surface area (Å²) in [6.45, 7) is 0. The van der Waals surface area contributed by atoms with Crippen LogP contribution in [0, 0.1) is 0 Å². The zero-order valence-electron chi connectivity index (χ0n) is 19.3. The van der Waals surface area contributed by atoms with Gasteiger partial charge in [0.15, 0.2) is 5.88 Å². The largest absolute Gasteiger partial charge is 0.494 e. The van der Waals surface area contributed by atoms with Crippen molar-refractivity contribution in [3.8, 4) is 5.88 Å². The standard InChI is InChI=1S/C28H21N3O5S/c32-27-25(26(18-7-3-1-4-8-18)29-20-13-11-19(12-14-20)28(33)34)23-17-22(15-16-24(23)30-27)37(35,36)31-21-9-5-2-6-10-21/h1-17,30-32H,(H,33,34). The van der Waals surface area contributed by atoms with Crippen molar-refractivity contribution in [2.24, 2.45) is 4.99 Å². The van der Waals surface area contributed by atoms with Crippen LogP contribution in [0.4, 0.5) is 11.4 Å². The lowest BCUT2D eigenvalue weighted by atomic mass is 10.0. The lowest BCUT2D eigenvalue weighted by molar-refractivity contribution is 0.0697. The number of aromatic hydroxyl groups is 1. The third-order valence-corrected chi connectivity index (χ3v) is 7.10. The van der Waals surface area contributed by atoms with Gasteiger partial charge in [-0.1, -0.05) is 48.5 Å². The summed E-state index contributed by atoms with van der Waals surface area (Å²) >= 11 is 0. The van der Waals surface area contributed by atoms with E-state index >= 15 is 0 Å². The van der Waals surface area contributed by atoms with Gasteiger partial charge in [0.2, 0.25) is 0 Å². The molecule has 0 saturated heterocycles. The van der Waals surface area contributed by atoms with Gasteiger partial charge in [0, 0.05) is 22.2 Å². The van der Waals surface area contributed by atoms with Crippen LogP contribution in [-0.4, -0.2) is 35.3 Å². The number of aromatic carboxylic acids is 1. The molecule has 4 aromatic carbocycles. The number of nitrogens with one attached hydrogen (secondary N) is 2. The van der Waals surface area contributed by atoms with E-state index in [0.717, 1.165) is 0 Å². The molecule has 0 aliphatic rings. The number of fused-ring (bicyclic) bond motifs is 1. The van der Waals surface area contributed by atoms with Gasteiger partial charge >= 0.3 is 5.97 Å². The number of carboxylic acids is 1. The second-order valence-corrected chi connectivity index (χ2v) is 9.89. The van der Waals surface area contributed by atoms with Crippen molar-refractivity contribution in [2.45, 2.75) is 4.90 Å². The molecule has 0 saturated carbocycles. The number of carbonyl (C=O) groups is 1. The third kappa shape index (κ3) is 4.93. The van der Waals surface area contributed by atoms with Crippen molar-refractivity contribution in [1.82, 2.24) is 4.98 Å². The number of para-hydroxylation sites is 1. The van der Waals surface area contributed by atoms with E-state index in [-0.39, 0.29) is 16.3 Å². The number of anilines is 1. The Hall–Kier alpha value is -4.89. The molecule has 1 heterocycles. The van der Waals surface area contributed by atoms with E-state index < -0.39 is 16.0 Å². The zero-order valence-corrected chi connectivity index (χ0v) is 20.1. The number of aliphatic imine (C=N–C) groups is 1. The van der Waals surface area contributed by atoms with Crippen molar-refractivity contribution >= 4 is 44.0 Å². The Balaban J connectivity index is 1.66. The van der Waals surface area contributed by atoms with E-state index in [0.29, 0.717) is 39.1 Å². The maximum absolute atomic E-state index is 13.1. The summed E-state index contributed by atoms with van der Waals surface area (Å²) in [6.07, 6.45) is 0. The molecule has 184 valence electrons. The van der Waals surface area contributed by atoms with Gasteiger partial charge in [-0.3, -0.25) is 4.72 Å². The second-order valence-electron chi connectivity index (χ2n) is 8.21. The molecule has 0 aliphatic heterocycles. The van der Waals surface area contributed by atoms with Crippen LogP contribution in [0.5, 0.6) is 5.88 Å². The maximum Gasteiger partial charge on any atom is 0.335 e. The van der Waals surface area contributed by atoms with Gasteiger partial charge in [-0.2, -0.15) is 0 Å². The van der Waals surface area contributed by atoms with Crippen LogP contribution in [-0.2, 0) is 10.0 Å². The highest BCUT2D eigenvalue weighted by Gasteiger charge is 2.22. The summed E-state index contributed by atoms with van der Waals surface area (Å²) in [6, 6.07) is 28.2. The zero-order chi connectivity index (χ0) is 26.0. The topological polar surface area (TPSA) is 132 Å². The molecule has 1 aromatic heterocycles. The van der Waals surface area contributed by atoms with Gasteiger partial charge in [-0.25, -0.2) is 18.2 Å². The SMILES string of the molecule is O=C(O)c1ccc(N=C(c2ccccc2)c2c(O)[nH]c3ccc(S(=O)(=O)Nc4ccccc4)cc23)cc1. The first-order chi connectivity index (χ1) is 17.8. The van der Waals surface area contributed by atoms with Crippen molar-refractivity contribution in [2.75, 3.05) is 4.72 Å². The fourth-order valence-electron chi connectivity index (χ4n) is 3.95. The highest BCUT2D eigenvalue weighted by molar-refractivity contribution is 7.92. The van der Waals surface area contributed by atoms with E-state index in [2.05, 4.69) is 9.71 Å². The smallest absolute Gasteiger partial charge is 0.335 e. The normalized spacial score (nSPS) is 11.9. The van der Waals surface area contributed by atoms with Gasteiger partial charge in [0.05, 0.1) is 27.4 Å². The molecular formula is C28H21N3O5S. The maximum atomic E-state index is 13.1. The molecule has 8 nitrogen and oxygen atoms in total. The van der Waals surface area contributed by atoms with Gasteiger partial charge in [0.25, 0.3) is 10.0 Å². The Labute approximate surface area is 212 Å². The molecule has 5 aromatic rings. The fourth-order valence-corrected chi connectivity index (χ4v) is 5.04. The number of nitrogens with zero attached hydrogens (tertiary/aromatic N) is 1. The van der Waals surface area contributed by atoms with Crippen LogP contribution in [0.15, 0.2) is 113 Å². The number of aromatic amines is 1. The molecule has 0 spiro atoms. The summed E-state index contributed by atoms with van der Waals surface area (Å²) in [5, 5.41) is 20.6. The number of H-pyrrole nitrogens is 1. The van der Waals surface area contributed by atoms with E-state index in [9.17, 15) is 23.4 Å². The highest BCUT2D eigenvalue weighted by Crippen LogP contribution is 2.33. The van der Waals surface area contributed by atoms with E-state index in [1.165, 1.54) is 24.3 Å². The molecular weight excluding hydrogens is 490 g/mol. The minimum atomic E-state index is -3.92. The number of benzene rings is 4. The van der Waals surface area contributed by atoms with Crippen molar-refractivity contribution < 1.29 is 23.4 Å². The predicted molar refractivity (Wildman–Crippen MR) is 142 cm³/mol. The number of sulfonamides is 1. The molecule has 0 fully saturated rings. The lowest BCUT2D eigenvalue weighted by Gasteiger charge is -2.10. The van der Waals surface area contributed by atoms with E-state index in [1.807, 2.05) is 30.3 Å². The molecule has 5 rings (SSSR count). The Morgan fingerprint density at radius 1 is 0.811 bits per heavy atom. The summed E-state index contributed by atoms with van der Waals surface area (Å²) in [5.41, 5.74) is 2.92. The molecule has 37 heavy (non-hydrogen) atoms. The van der Waals surface area contributed by atoms with Crippen molar-refractivity contribution in [3.63, 3.8) is 0 Å². The first-order valence-electron chi connectivity index (χ1n) is 11.2. The minimum absolute atomic E-state index is 0.0160. The molecule has 4 N–H and O–H groups in total. The number of hydrogen-bond acceptors (Lipinski definition) is 5. The van der Waals surface area contributed by atoms with Gasteiger partial charge < -0.3 is 15.2 Å². The summed E-state index contributed by atoms with van der Waals surface area (Å²) in [5.74, 6) is -1.23. The van der Waals surface area contributed by atoms with Crippen LogP contribution in [0.2, 0.25) is 0 Å². The third-order valence-electron chi connectivity index (χ3n) is 5.73. The van der Waals surface area contributed by atoms with Crippen molar-refractivity contribution in [1.29, 1.82) is 0 Å². The first kappa shape index (κ1) is 23.8. The number of carboxylic acid groups (broad SMARTS) is 1. The first-order valence-corrected chi connectivity index (χ1v) is 12.7. The summed E-state index contributed by atoms with van der Waals surface area (Å²) in [7, 11) is -3.92. The van der Waals surface area contributed by atoms with Gasteiger partial charge in [-0.05, 0) is 54.6 Å². The van der Waals surface area contributed by atoms with E-state index in [1.54, 1.807) is 48.5 Å².